The van der Waals surface area contributed by atoms with Crippen LogP contribution in [-0.4, -0.2) is 22.2 Å². The minimum atomic E-state index is -10.7. The number of hydrogen-bond donors (Lipinski definition) is 1. The van der Waals surface area contributed by atoms with Crippen LogP contribution in [0.25, 0.3) is 0 Å². The van der Waals surface area contributed by atoms with Crippen LogP contribution in [0.4, 0.5) is 14.5 Å². The third-order valence-electron chi connectivity index (χ3n) is 0. The van der Waals surface area contributed by atoms with Crippen LogP contribution in [0.5, 0.6) is 0 Å². The van der Waals surface area contributed by atoms with Crippen molar-refractivity contribution in [1.29, 1.82) is 0 Å². The third kappa shape index (κ3) is 207. The van der Waals surface area contributed by atoms with Gasteiger partial charge in [0, 0.05) is 22.4 Å². The van der Waals surface area contributed by atoms with Gasteiger partial charge < -0.3 is 0 Å². The minimum Gasteiger partial charge on any atom is 0 e. The molecule has 8 heteroatoms. The quantitative estimate of drug-likeness (QED) is 0.515. The van der Waals surface area contributed by atoms with Crippen LogP contribution < -0.4 is 0 Å². The second-order valence-corrected chi connectivity index (χ2v) is 6.23. The predicted molar refractivity (Wildman–Crippen MR) is 13.5 cm³/mol. The van der Waals surface area contributed by atoms with Gasteiger partial charge in [0.2, 0.25) is 0 Å². The summed E-state index contributed by atoms with van der Waals surface area (Å²) in [6.07, 6.45) is 0. The summed E-state index contributed by atoms with van der Waals surface area (Å²) in [5, 5.41) is 0. The smallest absolute Gasteiger partial charge is 0 e. The molecule has 0 aliphatic heterocycles. The molecule has 1 nitrogen and oxygen atoms in total. The first-order valence-corrected chi connectivity index (χ1v) is 6.40. The molecule has 8 heavy (non-hydrogen) atoms. The van der Waals surface area contributed by atoms with Crippen LogP contribution >= 0.6 is 0 Å². The number of hydrogen-bond acceptors (Lipinski definition) is 1. The standard InChI is InChI=1S/Ag.F5HOTe/c;1-7(2,3,4,5)6/h;6H. The van der Waals surface area contributed by atoms with Crippen molar-refractivity contribution in [3.8, 4) is 0 Å². The van der Waals surface area contributed by atoms with E-state index < -0.39 is 18.7 Å². The summed E-state index contributed by atoms with van der Waals surface area (Å²) < 4.78 is 57.0. The zero-order chi connectivity index (χ0) is 6.41. The monoisotopic (exact) mass is 349 g/mol. The Hall–Kier alpha value is 1.14. The maximum atomic E-state index is 10.1. The van der Waals surface area contributed by atoms with E-state index in [0.717, 1.165) is 0 Å². The molecule has 0 fully saturated rings. The Balaban J connectivity index is 0. The van der Waals surface area contributed by atoms with Crippen LogP contribution in [0.2, 0.25) is 0 Å². The molecule has 0 saturated heterocycles. The van der Waals surface area contributed by atoms with Gasteiger partial charge in [-0.1, -0.05) is 0 Å². The van der Waals surface area contributed by atoms with Crippen molar-refractivity contribution in [2.45, 2.75) is 0 Å². The first-order valence-electron chi connectivity index (χ1n) is 0.954. The molecule has 0 atom stereocenters. The van der Waals surface area contributed by atoms with Crippen molar-refractivity contribution in [3.05, 3.63) is 0 Å². The van der Waals surface area contributed by atoms with Gasteiger partial charge >= 0.3 is 36.6 Å². The molecule has 1 N–H and O–H groups in total. The van der Waals surface area contributed by atoms with Crippen LogP contribution in [0.15, 0.2) is 0 Å². The van der Waals surface area contributed by atoms with E-state index in [4.69, 9.17) is 3.47 Å². The zero-order valence-corrected chi connectivity index (χ0v) is 6.86. The topological polar surface area (TPSA) is 20.2 Å². The van der Waals surface area contributed by atoms with E-state index in [9.17, 15) is 14.5 Å². The van der Waals surface area contributed by atoms with Gasteiger partial charge in [0.1, 0.15) is 0 Å². The Bertz CT molecular complexity index is 71.0. The third-order valence-corrected chi connectivity index (χ3v) is 0. The Morgan fingerprint density at radius 2 is 0.875 bits per heavy atom. The first kappa shape index (κ1) is 11.9. The second kappa shape index (κ2) is 1.59. The van der Waals surface area contributed by atoms with Crippen LogP contribution in [-0.2, 0) is 22.4 Å². The summed E-state index contributed by atoms with van der Waals surface area (Å²) in [4.78, 5) is 0. The second-order valence-electron chi connectivity index (χ2n) is 0.928. The number of rotatable bonds is 0. The fraction of sp³-hybridized carbons (Fsp3) is 0. The van der Waals surface area contributed by atoms with E-state index in [-0.39, 0.29) is 22.4 Å². The first-order chi connectivity index (χ1) is 2.45. The Morgan fingerprint density at radius 3 is 0.875 bits per heavy atom. The van der Waals surface area contributed by atoms with E-state index in [2.05, 4.69) is 0 Å². The molecule has 0 aliphatic carbocycles. The Morgan fingerprint density at radius 1 is 0.875 bits per heavy atom. The van der Waals surface area contributed by atoms with E-state index in [0.29, 0.717) is 0 Å². The summed E-state index contributed by atoms with van der Waals surface area (Å²) in [5.41, 5.74) is 0. The van der Waals surface area contributed by atoms with Gasteiger partial charge in [-0.2, -0.15) is 0 Å². The predicted octanol–water partition coefficient (Wildman–Crippen LogP) is 1.16. The van der Waals surface area contributed by atoms with Crippen molar-refractivity contribution < 1.29 is 40.3 Å². The molecule has 59 valence electrons. The van der Waals surface area contributed by atoms with Gasteiger partial charge in [0.25, 0.3) is 0 Å². The van der Waals surface area contributed by atoms with E-state index >= 15 is 0 Å². The normalized spacial score (nSPS) is 20.2. The van der Waals surface area contributed by atoms with Gasteiger partial charge in [0.15, 0.2) is 0 Å². The summed E-state index contributed by atoms with van der Waals surface area (Å²) in [6, 6.07) is 0. The van der Waals surface area contributed by atoms with Crippen LogP contribution in [0, 0.1) is 0 Å². The molecule has 0 amide bonds. The van der Waals surface area contributed by atoms with E-state index in [1.54, 1.807) is 0 Å². The van der Waals surface area contributed by atoms with Gasteiger partial charge in [-0.15, -0.1) is 0 Å². The Kier molecular flexibility index (Phi) is 2.37. The SMILES string of the molecule is O[Te](F)(F)(F)(F)F.[Ag]. The average molecular weight is 347 g/mol. The summed E-state index contributed by atoms with van der Waals surface area (Å²) >= 11 is -10.7. The molecule has 0 aliphatic rings. The molecule has 0 aromatic heterocycles. The zero-order valence-electron chi connectivity index (χ0n) is 3.05. The molecule has 0 heterocycles. The van der Waals surface area contributed by atoms with Gasteiger partial charge in [0.05, 0.1) is 0 Å². The van der Waals surface area contributed by atoms with Gasteiger partial charge in [-0.3, -0.25) is 0 Å². The van der Waals surface area contributed by atoms with Crippen LogP contribution in [0.3, 0.4) is 0 Å². The molecule has 0 saturated carbocycles. The summed E-state index contributed by atoms with van der Waals surface area (Å²) in [5.74, 6) is 0. The van der Waals surface area contributed by atoms with E-state index in [1.165, 1.54) is 0 Å². The molecule has 0 spiro atoms. The van der Waals surface area contributed by atoms with Crippen LogP contribution in [0.1, 0.15) is 0 Å². The van der Waals surface area contributed by atoms with Crippen molar-refractivity contribution in [3.63, 3.8) is 0 Å². The summed E-state index contributed by atoms with van der Waals surface area (Å²) in [7, 11) is 0. The molecule has 0 bridgehead atoms. The maximum Gasteiger partial charge on any atom is 0 e. The van der Waals surface area contributed by atoms with E-state index in [1.807, 2.05) is 0 Å². The van der Waals surface area contributed by atoms with Crippen molar-refractivity contribution in [2.75, 3.05) is 0 Å². The van der Waals surface area contributed by atoms with Crippen molar-refractivity contribution in [2.24, 2.45) is 0 Å². The maximum absolute atomic E-state index is 10.7. The minimum absolute atomic E-state index is 0. The molecule has 0 rings (SSSR count). The molecule has 0 aromatic rings. The fourth-order valence-corrected chi connectivity index (χ4v) is 0. The van der Waals surface area contributed by atoms with Crippen molar-refractivity contribution >= 4 is 18.7 Å². The largest absolute Gasteiger partial charge is 0 e. The molecule has 0 unspecified atom stereocenters. The van der Waals surface area contributed by atoms with Gasteiger partial charge in [-0.05, 0) is 0 Å². The molecular formula is HAgF5OTe. The summed E-state index contributed by atoms with van der Waals surface area (Å²) in [6.45, 7) is 0. The molecule has 0 aromatic carbocycles. The average Bonchev–Trinajstić information content (AvgIpc) is 0.592. The number of halogens is 5. The molecular weight excluding hydrogens is 346 g/mol. The van der Waals surface area contributed by atoms with Crippen molar-refractivity contribution in [1.82, 2.24) is 0 Å². The fourth-order valence-electron chi connectivity index (χ4n) is 0. The Labute approximate surface area is 58.9 Å². The van der Waals surface area contributed by atoms with Gasteiger partial charge in [-0.25, -0.2) is 0 Å². The molecule has 1 radical (unpaired) electrons.